The van der Waals surface area contributed by atoms with Crippen LogP contribution in [0.3, 0.4) is 0 Å². The van der Waals surface area contributed by atoms with Crippen LogP contribution in [-0.4, -0.2) is 45.3 Å². The van der Waals surface area contributed by atoms with Gasteiger partial charge < -0.3 is 15.2 Å². The van der Waals surface area contributed by atoms with E-state index in [-0.39, 0.29) is 34.1 Å². The number of ether oxygens (including phenoxy) is 1. The predicted molar refractivity (Wildman–Crippen MR) is 141 cm³/mol. The molecule has 1 fully saturated rings. The van der Waals surface area contributed by atoms with Crippen LogP contribution in [0.15, 0.2) is 48.7 Å². The van der Waals surface area contributed by atoms with Gasteiger partial charge in [-0.1, -0.05) is 24.3 Å². The number of alkyl halides is 3. The van der Waals surface area contributed by atoms with Crippen LogP contribution in [0.5, 0.6) is 5.75 Å². The number of aryl methyl sites for hydroxylation is 1. The van der Waals surface area contributed by atoms with E-state index in [0.717, 1.165) is 18.4 Å². The third-order valence-electron chi connectivity index (χ3n) is 6.98. The molecule has 0 saturated heterocycles. The monoisotopic (exact) mass is 556 g/mol. The number of Topliss-reactive ketones (excluding diaryl/α,β-unsaturated/α-hetero) is 1. The number of imidazole rings is 1. The molecule has 0 aliphatic heterocycles. The van der Waals surface area contributed by atoms with Crippen molar-refractivity contribution in [2.24, 2.45) is 5.92 Å². The Kier molecular flexibility index (Phi) is 7.50. The molecule has 40 heavy (non-hydrogen) atoms. The first kappa shape index (κ1) is 27.6. The minimum atomic E-state index is -4.37. The topological polar surface area (TPSA) is 88.8 Å². The zero-order valence-electron chi connectivity index (χ0n) is 21.9. The summed E-state index contributed by atoms with van der Waals surface area (Å²) in [6.07, 6.45) is -2.72. The Hall–Kier alpha value is -3.99. The van der Waals surface area contributed by atoms with Crippen LogP contribution < -0.4 is 10.1 Å². The third kappa shape index (κ3) is 5.79. The molecule has 210 valence electrons. The van der Waals surface area contributed by atoms with Crippen molar-refractivity contribution in [1.29, 1.82) is 0 Å². The van der Waals surface area contributed by atoms with Gasteiger partial charge in [-0.25, -0.2) is 13.9 Å². The smallest absolute Gasteiger partial charge is 0.390 e. The normalized spacial score (nSPS) is 14.4. The number of hydrogen-bond acceptors (Lipinski definition) is 6. The highest BCUT2D eigenvalue weighted by Gasteiger charge is 2.28. The number of aliphatic hydroxyl groups is 1. The second-order valence-electron chi connectivity index (χ2n) is 10.0. The Morgan fingerprint density at radius 3 is 2.67 bits per heavy atom. The van der Waals surface area contributed by atoms with Crippen molar-refractivity contribution in [1.82, 2.24) is 14.6 Å². The highest BCUT2D eigenvalue weighted by molar-refractivity contribution is 5.98. The fourth-order valence-corrected chi connectivity index (χ4v) is 4.73. The molecule has 11 heteroatoms. The molecule has 1 atom stereocenters. The summed E-state index contributed by atoms with van der Waals surface area (Å²) in [7, 11) is 1.27. The minimum Gasteiger partial charge on any atom is -0.493 e. The van der Waals surface area contributed by atoms with Crippen LogP contribution in [-0.2, 0) is 0 Å². The fourth-order valence-electron chi connectivity index (χ4n) is 4.73. The largest absolute Gasteiger partial charge is 0.493 e. The van der Waals surface area contributed by atoms with Gasteiger partial charge in [0.2, 0.25) is 0 Å². The van der Waals surface area contributed by atoms with Crippen LogP contribution in [0.1, 0.15) is 59.0 Å². The van der Waals surface area contributed by atoms with Gasteiger partial charge in [0.05, 0.1) is 36.8 Å². The molecule has 1 unspecified atom stereocenters. The second-order valence-corrected chi connectivity index (χ2v) is 10.0. The highest BCUT2D eigenvalue weighted by Crippen LogP contribution is 2.36. The molecule has 0 bridgehead atoms. The van der Waals surface area contributed by atoms with Crippen LogP contribution in [0.2, 0.25) is 0 Å². The van der Waals surface area contributed by atoms with Gasteiger partial charge in [-0.3, -0.25) is 4.79 Å². The van der Waals surface area contributed by atoms with Crippen LogP contribution >= 0.6 is 0 Å². The summed E-state index contributed by atoms with van der Waals surface area (Å²) in [5.74, 6) is -0.303. The molecule has 0 radical (unpaired) electrons. The molecule has 2 aromatic heterocycles. The molecule has 1 aliphatic rings. The number of hydrogen-bond donors (Lipinski definition) is 2. The van der Waals surface area contributed by atoms with Gasteiger partial charge in [0, 0.05) is 29.7 Å². The Balaban J connectivity index is 1.57. The van der Waals surface area contributed by atoms with Crippen LogP contribution in [0, 0.1) is 18.7 Å². The van der Waals surface area contributed by atoms with Gasteiger partial charge in [-0.05, 0) is 49.4 Å². The molecule has 2 heterocycles. The van der Waals surface area contributed by atoms with E-state index in [1.807, 2.05) is 13.0 Å². The maximum atomic E-state index is 14.4. The number of nitrogens with zero attached hydrogens (tertiary/aromatic N) is 3. The van der Waals surface area contributed by atoms with Gasteiger partial charge >= 0.3 is 6.18 Å². The van der Waals surface area contributed by atoms with E-state index in [9.17, 15) is 27.5 Å². The molecule has 2 aromatic carbocycles. The molecule has 2 N–H and O–H groups in total. The van der Waals surface area contributed by atoms with E-state index in [4.69, 9.17) is 4.74 Å². The fraction of sp³-hybridized carbons (Fsp3) is 0.345. The van der Waals surface area contributed by atoms with Gasteiger partial charge in [0.25, 0.3) is 0 Å². The standard InChI is InChI=1S/C29H28F4N4O3/c1-16-12-18(8-9-19(16)25(38)13-17-6-7-17)24-15-35-28-23(34-11-10-29(31,32)33)14-22(36-37(24)28)26(39)20-4-3-5-21(30)27(20)40-2/h3-5,8-9,12,14-15,17,26,34,39H,6-7,10-11,13H2,1-2H3. The van der Waals surface area contributed by atoms with Crippen molar-refractivity contribution in [2.75, 3.05) is 19.0 Å². The molecule has 1 saturated carbocycles. The molecular formula is C29H28F4N4O3. The quantitative estimate of drug-likeness (QED) is 0.177. The van der Waals surface area contributed by atoms with E-state index in [1.165, 1.54) is 42.1 Å². The highest BCUT2D eigenvalue weighted by atomic mass is 19.4. The number of carbonyl (C=O) groups is 1. The SMILES string of the molecule is COc1c(F)cccc1C(O)c1cc(NCCC(F)(F)F)c2ncc(-c3ccc(C(=O)CC4CC4)c(C)c3)n2n1. The van der Waals surface area contributed by atoms with E-state index in [2.05, 4.69) is 15.4 Å². The number of anilines is 1. The summed E-state index contributed by atoms with van der Waals surface area (Å²) in [5.41, 5.74) is 3.19. The Labute approximate surface area is 227 Å². The lowest BCUT2D eigenvalue weighted by Crippen LogP contribution is -2.16. The van der Waals surface area contributed by atoms with Crippen molar-refractivity contribution in [3.8, 4) is 17.0 Å². The lowest BCUT2D eigenvalue weighted by atomic mass is 9.98. The molecule has 0 spiro atoms. The van der Waals surface area contributed by atoms with Crippen molar-refractivity contribution in [3.63, 3.8) is 0 Å². The summed E-state index contributed by atoms with van der Waals surface area (Å²) >= 11 is 0. The molecule has 4 aromatic rings. The number of aliphatic hydroxyl groups excluding tert-OH is 1. The van der Waals surface area contributed by atoms with E-state index in [0.29, 0.717) is 29.2 Å². The molecule has 5 rings (SSSR count). The number of fused-ring (bicyclic) bond motifs is 1. The lowest BCUT2D eigenvalue weighted by molar-refractivity contribution is -0.131. The summed E-state index contributed by atoms with van der Waals surface area (Å²) < 4.78 is 59.5. The first-order chi connectivity index (χ1) is 19.1. The number of methoxy groups -OCH3 is 1. The van der Waals surface area contributed by atoms with Gasteiger partial charge in [-0.2, -0.15) is 18.3 Å². The van der Waals surface area contributed by atoms with Gasteiger partial charge in [0.15, 0.2) is 23.0 Å². The number of carbonyl (C=O) groups excluding carboxylic acids is 1. The number of halogens is 4. The number of rotatable bonds is 10. The number of nitrogens with one attached hydrogen (secondary N) is 1. The van der Waals surface area contributed by atoms with E-state index >= 15 is 0 Å². The summed E-state index contributed by atoms with van der Waals surface area (Å²) in [6.45, 7) is 1.41. The minimum absolute atomic E-state index is 0.0399. The molecule has 1 aliphatic carbocycles. The maximum absolute atomic E-state index is 14.4. The average molecular weight is 557 g/mol. The summed E-state index contributed by atoms with van der Waals surface area (Å²) in [5, 5.41) is 18.5. The van der Waals surface area contributed by atoms with E-state index < -0.39 is 31.1 Å². The van der Waals surface area contributed by atoms with Gasteiger partial charge in [-0.15, -0.1) is 0 Å². The third-order valence-corrected chi connectivity index (χ3v) is 6.98. The molecular weight excluding hydrogens is 528 g/mol. The van der Waals surface area contributed by atoms with E-state index in [1.54, 1.807) is 12.1 Å². The average Bonchev–Trinajstić information content (AvgIpc) is 3.61. The van der Waals surface area contributed by atoms with Crippen molar-refractivity contribution < 1.29 is 32.2 Å². The zero-order valence-corrected chi connectivity index (χ0v) is 21.9. The van der Waals surface area contributed by atoms with Crippen LogP contribution in [0.25, 0.3) is 16.9 Å². The first-order valence-electron chi connectivity index (χ1n) is 12.9. The molecule has 7 nitrogen and oxygen atoms in total. The lowest BCUT2D eigenvalue weighted by Gasteiger charge is -2.17. The number of aromatic nitrogens is 3. The maximum Gasteiger partial charge on any atom is 0.390 e. The Morgan fingerprint density at radius 1 is 1.23 bits per heavy atom. The summed E-state index contributed by atoms with van der Waals surface area (Å²) in [4.78, 5) is 17.1. The summed E-state index contributed by atoms with van der Waals surface area (Å²) in [6, 6.07) is 10.8. The number of benzene rings is 2. The first-order valence-corrected chi connectivity index (χ1v) is 12.9. The number of ketones is 1. The van der Waals surface area contributed by atoms with Crippen molar-refractivity contribution in [2.45, 2.75) is 44.9 Å². The van der Waals surface area contributed by atoms with Crippen molar-refractivity contribution >= 4 is 17.1 Å². The molecule has 0 amide bonds. The van der Waals surface area contributed by atoms with Crippen LogP contribution in [0.4, 0.5) is 23.2 Å². The van der Waals surface area contributed by atoms with Gasteiger partial charge in [0.1, 0.15) is 6.10 Å². The second kappa shape index (κ2) is 10.9. The number of para-hydroxylation sites is 1. The predicted octanol–water partition coefficient (Wildman–Crippen LogP) is 6.28. The van der Waals surface area contributed by atoms with Crippen molar-refractivity contribution in [3.05, 3.63) is 76.9 Å². The zero-order chi connectivity index (χ0) is 28.6. The Morgan fingerprint density at radius 2 is 2.00 bits per heavy atom. The Bertz CT molecular complexity index is 1560.